The molecule has 1 aromatic carbocycles. The van der Waals surface area contributed by atoms with Gasteiger partial charge in [-0.15, -0.1) is 0 Å². The van der Waals surface area contributed by atoms with Crippen molar-refractivity contribution in [2.75, 3.05) is 19.7 Å². The zero-order chi connectivity index (χ0) is 18.7. The number of hydrogen-bond acceptors (Lipinski definition) is 4. The zero-order valence-corrected chi connectivity index (χ0v) is 16.3. The minimum atomic E-state index is -0.254. The molecule has 0 spiro atoms. The highest BCUT2D eigenvalue weighted by atomic mass is 16.5. The fraction of sp³-hybridized carbons (Fsp3) is 0.571. The van der Waals surface area contributed by atoms with Gasteiger partial charge in [-0.1, -0.05) is 32.0 Å². The molecule has 0 unspecified atom stereocenters. The Kier molecular flexibility index (Phi) is 5.99. The Morgan fingerprint density at radius 3 is 2.69 bits per heavy atom. The van der Waals surface area contributed by atoms with Gasteiger partial charge in [0.15, 0.2) is 0 Å². The van der Waals surface area contributed by atoms with Crippen molar-refractivity contribution >= 4 is 16.9 Å². The second-order valence-corrected chi connectivity index (χ2v) is 6.90. The first-order chi connectivity index (χ1) is 12.6. The predicted octanol–water partition coefficient (Wildman–Crippen LogP) is 3.90. The van der Waals surface area contributed by atoms with Gasteiger partial charge in [0.2, 0.25) is 0 Å². The van der Waals surface area contributed by atoms with Gasteiger partial charge in [-0.25, -0.2) is 0 Å². The van der Waals surface area contributed by atoms with E-state index in [1.807, 2.05) is 6.92 Å². The van der Waals surface area contributed by atoms with E-state index in [4.69, 9.17) is 9.47 Å². The zero-order valence-electron chi connectivity index (χ0n) is 16.3. The molecule has 142 valence electrons. The highest BCUT2D eigenvalue weighted by Crippen LogP contribution is 2.38. The van der Waals surface area contributed by atoms with Gasteiger partial charge in [-0.05, 0) is 38.6 Å². The van der Waals surface area contributed by atoms with Crippen LogP contribution in [0, 0.1) is 0 Å². The van der Waals surface area contributed by atoms with Crippen LogP contribution in [0.2, 0.25) is 0 Å². The van der Waals surface area contributed by atoms with Crippen molar-refractivity contribution < 1.29 is 14.3 Å². The number of fused-ring (bicyclic) bond motifs is 3. The van der Waals surface area contributed by atoms with Crippen LogP contribution < -0.4 is 0 Å². The van der Waals surface area contributed by atoms with Crippen LogP contribution in [0.4, 0.5) is 0 Å². The van der Waals surface area contributed by atoms with Crippen LogP contribution in [0.1, 0.15) is 51.5 Å². The molecule has 0 saturated carbocycles. The highest BCUT2D eigenvalue weighted by Gasteiger charge is 2.33. The second-order valence-electron chi connectivity index (χ2n) is 6.90. The summed E-state index contributed by atoms with van der Waals surface area (Å²) in [7, 11) is 0. The van der Waals surface area contributed by atoms with Gasteiger partial charge in [-0.2, -0.15) is 0 Å². The van der Waals surface area contributed by atoms with Crippen molar-refractivity contribution in [1.82, 2.24) is 9.47 Å². The van der Waals surface area contributed by atoms with Crippen LogP contribution in [0.25, 0.3) is 10.9 Å². The summed E-state index contributed by atoms with van der Waals surface area (Å²) in [5.74, 6) is -0.197. The fourth-order valence-electron chi connectivity index (χ4n) is 3.96. The van der Waals surface area contributed by atoms with E-state index in [1.54, 1.807) is 0 Å². The van der Waals surface area contributed by atoms with Gasteiger partial charge in [0, 0.05) is 24.0 Å². The van der Waals surface area contributed by atoms with E-state index in [0.29, 0.717) is 6.61 Å². The third kappa shape index (κ3) is 3.64. The van der Waals surface area contributed by atoms with Gasteiger partial charge in [0.1, 0.15) is 6.10 Å². The standard InChI is InChI=1S/C21H30N2O3/c1-5-22(6-2)14-17-16-10-8-9-11-18(16)23-13-15(4)26-19(21(17)23)12-20(24)25-7-3/h8-11,15,19H,5-7,12-14H2,1-4H3/t15-,19+/m0/s1. The molecule has 2 aromatic rings. The average molecular weight is 358 g/mol. The van der Waals surface area contributed by atoms with E-state index in [2.05, 4.69) is 54.5 Å². The van der Waals surface area contributed by atoms with Crippen LogP contribution in [0.15, 0.2) is 24.3 Å². The number of rotatable bonds is 7. The normalized spacial score (nSPS) is 19.7. The number of nitrogens with zero attached hydrogens (tertiary/aromatic N) is 2. The van der Waals surface area contributed by atoms with Crippen molar-refractivity contribution in [2.45, 2.75) is 59.4 Å². The minimum Gasteiger partial charge on any atom is -0.466 e. The van der Waals surface area contributed by atoms with Crippen molar-refractivity contribution in [3.63, 3.8) is 0 Å². The number of aromatic nitrogens is 1. The first-order valence-corrected chi connectivity index (χ1v) is 9.72. The summed E-state index contributed by atoms with van der Waals surface area (Å²) in [5.41, 5.74) is 3.66. The van der Waals surface area contributed by atoms with Crippen LogP contribution in [0.5, 0.6) is 0 Å². The Bertz CT molecular complexity index is 764. The number of carbonyl (C=O) groups is 1. The molecule has 0 saturated heterocycles. The molecule has 0 radical (unpaired) electrons. The van der Waals surface area contributed by atoms with Crippen molar-refractivity contribution in [1.29, 1.82) is 0 Å². The number of esters is 1. The molecule has 2 atom stereocenters. The third-order valence-corrected chi connectivity index (χ3v) is 5.19. The molecule has 5 nitrogen and oxygen atoms in total. The summed E-state index contributed by atoms with van der Waals surface area (Å²) >= 11 is 0. The number of para-hydroxylation sites is 1. The van der Waals surface area contributed by atoms with Crippen molar-refractivity contribution in [3.8, 4) is 0 Å². The maximum absolute atomic E-state index is 12.2. The fourth-order valence-corrected chi connectivity index (χ4v) is 3.96. The Morgan fingerprint density at radius 2 is 2.00 bits per heavy atom. The molecule has 0 N–H and O–H groups in total. The maximum Gasteiger partial charge on any atom is 0.308 e. The lowest BCUT2D eigenvalue weighted by Crippen LogP contribution is -2.31. The summed E-state index contributed by atoms with van der Waals surface area (Å²) in [6.07, 6.45) is 0.0783. The van der Waals surface area contributed by atoms with Crippen molar-refractivity contribution in [2.24, 2.45) is 0 Å². The molecule has 1 aromatic heterocycles. The Morgan fingerprint density at radius 1 is 1.27 bits per heavy atom. The van der Waals surface area contributed by atoms with E-state index in [9.17, 15) is 4.79 Å². The molecule has 0 bridgehead atoms. The third-order valence-electron chi connectivity index (χ3n) is 5.19. The Balaban J connectivity index is 2.09. The molecule has 3 rings (SSSR count). The van der Waals surface area contributed by atoms with Crippen LogP contribution in [-0.4, -0.2) is 41.2 Å². The molecule has 1 aliphatic rings. The van der Waals surface area contributed by atoms with Gasteiger partial charge < -0.3 is 14.0 Å². The van der Waals surface area contributed by atoms with E-state index in [1.165, 1.54) is 16.5 Å². The second kappa shape index (κ2) is 8.23. The molecule has 26 heavy (non-hydrogen) atoms. The highest BCUT2D eigenvalue weighted by molar-refractivity contribution is 5.86. The number of ether oxygens (including phenoxy) is 2. The van der Waals surface area contributed by atoms with E-state index < -0.39 is 0 Å². The number of hydrogen-bond donors (Lipinski definition) is 0. The Labute approximate surface area is 155 Å². The first kappa shape index (κ1) is 18.9. The first-order valence-electron chi connectivity index (χ1n) is 9.72. The lowest BCUT2D eigenvalue weighted by atomic mass is 10.0. The minimum absolute atomic E-state index is 0.0686. The van der Waals surface area contributed by atoms with Crippen LogP contribution in [0.3, 0.4) is 0 Å². The van der Waals surface area contributed by atoms with Gasteiger partial charge in [-0.3, -0.25) is 9.69 Å². The van der Waals surface area contributed by atoms with E-state index >= 15 is 0 Å². The average Bonchev–Trinajstić information content (AvgIpc) is 2.93. The summed E-state index contributed by atoms with van der Waals surface area (Å²) in [5, 5.41) is 1.26. The van der Waals surface area contributed by atoms with Crippen LogP contribution in [-0.2, 0) is 27.4 Å². The topological polar surface area (TPSA) is 43.7 Å². The smallest absolute Gasteiger partial charge is 0.308 e. The number of benzene rings is 1. The molecule has 0 fully saturated rings. The SMILES string of the molecule is CCOC(=O)C[C@H]1O[C@@H](C)Cn2c1c(CN(CC)CC)c1ccccc12. The molecule has 0 amide bonds. The summed E-state index contributed by atoms with van der Waals surface area (Å²) in [4.78, 5) is 14.6. The largest absolute Gasteiger partial charge is 0.466 e. The van der Waals surface area contributed by atoms with Gasteiger partial charge >= 0.3 is 5.97 Å². The molecular weight excluding hydrogens is 328 g/mol. The molecular formula is C21H30N2O3. The molecule has 2 heterocycles. The monoisotopic (exact) mass is 358 g/mol. The Hall–Kier alpha value is -1.85. The lowest BCUT2D eigenvalue weighted by molar-refractivity contribution is -0.148. The maximum atomic E-state index is 12.2. The molecule has 1 aliphatic heterocycles. The van der Waals surface area contributed by atoms with Crippen LogP contribution >= 0.6 is 0 Å². The van der Waals surface area contributed by atoms with Gasteiger partial charge in [0.05, 0.1) is 24.8 Å². The number of carbonyl (C=O) groups excluding carboxylic acids is 1. The van der Waals surface area contributed by atoms with Crippen molar-refractivity contribution in [3.05, 3.63) is 35.5 Å². The molecule has 5 heteroatoms. The quantitative estimate of drug-likeness (QED) is 0.704. The predicted molar refractivity (Wildman–Crippen MR) is 103 cm³/mol. The summed E-state index contributed by atoms with van der Waals surface area (Å²) < 4.78 is 13.8. The lowest BCUT2D eigenvalue weighted by Gasteiger charge is -2.32. The summed E-state index contributed by atoms with van der Waals surface area (Å²) in [6.45, 7) is 12.3. The van der Waals surface area contributed by atoms with Gasteiger partial charge in [0.25, 0.3) is 0 Å². The van der Waals surface area contributed by atoms with E-state index in [0.717, 1.165) is 31.9 Å². The van der Waals surface area contributed by atoms with E-state index in [-0.39, 0.29) is 24.6 Å². The summed E-state index contributed by atoms with van der Waals surface area (Å²) in [6, 6.07) is 8.53. The molecule has 0 aliphatic carbocycles.